The quantitative estimate of drug-likeness (QED) is 0.214. The average molecular weight is 488 g/mol. The van der Waals surface area contributed by atoms with Gasteiger partial charge in [-0.25, -0.2) is 14.5 Å². The maximum Gasteiger partial charge on any atom is 1.00 e. The monoisotopic (exact) mass is 488 g/mol. The Kier molecular flexibility index (Phi) is 8.89. The van der Waals surface area contributed by atoms with Gasteiger partial charge in [0.1, 0.15) is 19.3 Å². The van der Waals surface area contributed by atoms with Crippen LogP contribution in [-0.4, -0.2) is 24.4 Å². The first-order valence-corrected chi connectivity index (χ1v) is 10.8. The van der Waals surface area contributed by atoms with Crippen LogP contribution in [0.15, 0.2) is 47.4 Å². The minimum absolute atomic E-state index is 0. The number of aromatic nitrogens is 4. The number of phenols is 1. The third-order valence-corrected chi connectivity index (χ3v) is 5.42. The Morgan fingerprint density at radius 2 is 1.85 bits per heavy atom. The number of phenolic OH excluding ortho intramolecular Hbond substituents is 1. The van der Waals surface area contributed by atoms with Crippen LogP contribution in [0.3, 0.4) is 0 Å². The van der Waals surface area contributed by atoms with Gasteiger partial charge in [0.15, 0.2) is 5.82 Å². The smallest absolute Gasteiger partial charge is 0.780 e. The summed E-state index contributed by atoms with van der Waals surface area (Å²) in [6, 6.07) is 9.85. The van der Waals surface area contributed by atoms with Gasteiger partial charge in [-0.2, -0.15) is 5.10 Å². The molecule has 4 aromatic rings. The van der Waals surface area contributed by atoms with Crippen molar-refractivity contribution in [3.05, 3.63) is 58.6 Å². The molecule has 13 heteroatoms. The van der Waals surface area contributed by atoms with Gasteiger partial charge in [-0.05, 0) is 41.8 Å². The Hall–Kier alpha value is -1.33. The summed E-state index contributed by atoms with van der Waals surface area (Å²) < 4.78 is 18.9. The van der Waals surface area contributed by atoms with E-state index in [0.717, 1.165) is 17.0 Å². The van der Waals surface area contributed by atoms with Gasteiger partial charge in [0.25, 0.3) is 0 Å². The number of aromatic hydroxyl groups is 1. The van der Waals surface area contributed by atoms with Crippen molar-refractivity contribution in [2.45, 2.75) is 19.8 Å². The molecule has 0 aliphatic heterocycles. The second-order valence-electron chi connectivity index (χ2n) is 7.46. The summed E-state index contributed by atoms with van der Waals surface area (Å²) in [5, 5.41) is 17.9. The summed E-state index contributed by atoms with van der Waals surface area (Å²) in [5.74, 6) is -0.784. The van der Waals surface area contributed by atoms with Gasteiger partial charge in [0, 0.05) is 30.2 Å². The molecule has 0 bridgehead atoms. The zero-order valence-electron chi connectivity index (χ0n) is 18.9. The molecule has 10 nitrogen and oxygen atoms in total. The molecule has 0 amide bonds. The van der Waals surface area contributed by atoms with Crippen molar-refractivity contribution in [1.82, 2.24) is 19.3 Å². The molecule has 2 aromatic heterocycles. The molecule has 0 saturated carbocycles. The molecule has 0 unspecified atom stereocenters. The SMILES string of the molecule is CC(C)c1cc(-c2n[nH]c(=O)n2-c2ccc3c(ccn3C)c2)c(O)cc1OP(=O)([O-])[O-].[Na+].[Na+]. The standard InChI is InChI=1S/C20H21N4O6P.2Na/c1-11(2)14-9-15(17(25)10-18(14)30-31(27,28)29)19-21-22-20(26)24(19)13-4-5-16-12(8-13)6-7-23(16)3;;/h4-11,25H,1-3H3,(H,22,26)(H2,27,28,29);;/q;2*+1/p-2. The minimum Gasteiger partial charge on any atom is -0.780 e. The number of benzene rings is 2. The van der Waals surface area contributed by atoms with E-state index in [1.54, 1.807) is 19.9 Å². The number of nitrogens with zero attached hydrogens (tertiary/aromatic N) is 3. The van der Waals surface area contributed by atoms with E-state index < -0.39 is 19.3 Å². The van der Waals surface area contributed by atoms with E-state index in [1.165, 1.54) is 10.6 Å². The van der Waals surface area contributed by atoms with Gasteiger partial charge in [-0.3, -0.25) is 0 Å². The van der Waals surface area contributed by atoms with E-state index in [1.807, 2.05) is 36.0 Å². The topological polar surface area (TPSA) is 148 Å². The number of phosphoric ester groups is 1. The Balaban J connectivity index is 0.00000193. The van der Waals surface area contributed by atoms with Gasteiger partial charge >= 0.3 is 64.8 Å². The van der Waals surface area contributed by atoms with Crippen molar-refractivity contribution in [2.75, 3.05) is 0 Å². The van der Waals surface area contributed by atoms with Crippen molar-refractivity contribution >= 4 is 18.7 Å². The minimum atomic E-state index is -5.33. The molecule has 0 saturated heterocycles. The van der Waals surface area contributed by atoms with Crippen LogP contribution >= 0.6 is 7.82 Å². The molecule has 33 heavy (non-hydrogen) atoms. The summed E-state index contributed by atoms with van der Waals surface area (Å²) in [7, 11) is -3.41. The van der Waals surface area contributed by atoms with Crippen molar-refractivity contribution < 1.29 is 83.1 Å². The van der Waals surface area contributed by atoms with Crippen LogP contribution in [0.4, 0.5) is 0 Å². The Bertz CT molecular complexity index is 1410. The van der Waals surface area contributed by atoms with Crippen LogP contribution in [0.5, 0.6) is 11.5 Å². The van der Waals surface area contributed by atoms with E-state index in [2.05, 4.69) is 14.7 Å². The maximum atomic E-state index is 12.6. The first-order valence-electron chi connectivity index (χ1n) is 9.37. The van der Waals surface area contributed by atoms with Crippen molar-refractivity contribution in [2.24, 2.45) is 7.05 Å². The summed E-state index contributed by atoms with van der Waals surface area (Å²) in [6.45, 7) is 3.54. The number of aromatic amines is 1. The molecule has 162 valence electrons. The van der Waals surface area contributed by atoms with E-state index in [9.17, 15) is 24.3 Å². The van der Waals surface area contributed by atoms with Crippen LogP contribution in [0.1, 0.15) is 25.3 Å². The number of nitrogens with one attached hydrogen (secondary N) is 1. The molecular formula is C20H19N4Na2O6P. The van der Waals surface area contributed by atoms with E-state index in [4.69, 9.17) is 0 Å². The van der Waals surface area contributed by atoms with Gasteiger partial charge in [0.2, 0.25) is 0 Å². The van der Waals surface area contributed by atoms with Gasteiger partial charge in [-0.1, -0.05) is 13.8 Å². The summed E-state index contributed by atoms with van der Waals surface area (Å²) >= 11 is 0. The summed E-state index contributed by atoms with van der Waals surface area (Å²) in [4.78, 5) is 34.7. The normalized spacial score (nSPS) is 11.3. The summed E-state index contributed by atoms with van der Waals surface area (Å²) in [6.07, 6.45) is 1.90. The number of aryl methyl sites for hydroxylation is 1. The second-order valence-corrected chi connectivity index (χ2v) is 8.53. The Morgan fingerprint density at radius 3 is 2.48 bits per heavy atom. The zero-order valence-corrected chi connectivity index (χ0v) is 23.8. The molecule has 4 rings (SSSR count). The fourth-order valence-electron chi connectivity index (χ4n) is 3.54. The fraction of sp³-hybridized carbons (Fsp3) is 0.200. The number of H-pyrrole nitrogens is 1. The maximum absolute atomic E-state index is 12.6. The summed E-state index contributed by atoms with van der Waals surface area (Å²) in [5.41, 5.74) is 1.53. The second kappa shape index (κ2) is 10.5. The molecule has 2 heterocycles. The van der Waals surface area contributed by atoms with Gasteiger partial charge < -0.3 is 28.5 Å². The van der Waals surface area contributed by atoms with Crippen LogP contribution in [0.2, 0.25) is 0 Å². The Morgan fingerprint density at radius 1 is 1.15 bits per heavy atom. The van der Waals surface area contributed by atoms with Crippen molar-refractivity contribution in [3.63, 3.8) is 0 Å². The third kappa shape index (κ3) is 5.67. The molecule has 2 N–H and O–H groups in total. The number of phosphoric acid groups is 1. The molecule has 0 aliphatic carbocycles. The molecule has 2 aromatic carbocycles. The van der Waals surface area contributed by atoms with Crippen LogP contribution in [0, 0.1) is 0 Å². The van der Waals surface area contributed by atoms with E-state index in [-0.39, 0.29) is 82.2 Å². The predicted molar refractivity (Wildman–Crippen MR) is 110 cm³/mol. The predicted octanol–water partition coefficient (Wildman–Crippen LogP) is -4.24. The first kappa shape index (κ1) is 27.9. The number of hydrogen-bond acceptors (Lipinski definition) is 7. The zero-order chi connectivity index (χ0) is 22.5. The first-order chi connectivity index (χ1) is 14.5. The van der Waals surface area contributed by atoms with Crippen LogP contribution in [-0.2, 0) is 11.6 Å². The molecule has 0 spiro atoms. The fourth-order valence-corrected chi connectivity index (χ4v) is 3.94. The number of fused-ring (bicyclic) bond motifs is 1. The number of hydrogen-bond donors (Lipinski definition) is 2. The Labute approximate surface area is 233 Å². The molecule has 0 aliphatic rings. The van der Waals surface area contributed by atoms with Crippen molar-refractivity contribution in [3.8, 4) is 28.6 Å². The van der Waals surface area contributed by atoms with Gasteiger partial charge in [-0.15, -0.1) is 0 Å². The van der Waals surface area contributed by atoms with E-state index >= 15 is 0 Å². The molecule has 0 radical (unpaired) electrons. The molecular weight excluding hydrogens is 469 g/mol. The molecule has 0 fully saturated rings. The van der Waals surface area contributed by atoms with Crippen molar-refractivity contribution in [1.29, 1.82) is 0 Å². The van der Waals surface area contributed by atoms with Crippen LogP contribution < -0.4 is 79.1 Å². The largest absolute Gasteiger partial charge is 1.00 e. The third-order valence-electron chi connectivity index (χ3n) is 5.00. The van der Waals surface area contributed by atoms with Gasteiger partial charge in [0.05, 0.1) is 11.3 Å². The number of rotatable bonds is 5. The van der Waals surface area contributed by atoms with Crippen LogP contribution in [0.25, 0.3) is 28.0 Å². The molecule has 0 atom stereocenters. The average Bonchev–Trinajstić information content (AvgIpc) is 3.23. The van der Waals surface area contributed by atoms with E-state index in [0.29, 0.717) is 11.3 Å².